The molecular weight excluding hydrogens is 308 g/mol. The minimum Gasteiger partial charge on any atom is -0.371 e. The van der Waals surface area contributed by atoms with Crippen molar-refractivity contribution in [2.45, 2.75) is 49.7 Å². The van der Waals surface area contributed by atoms with Crippen LogP contribution in [0.25, 0.3) is 0 Å². The van der Waals surface area contributed by atoms with E-state index in [2.05, 4.69) is 0 Å². The van der Waals surface area contributed by atoms with E-state index in [1.54, 1.807) is 7.11 Å². The molecule has 3 aliphatic heterocycles. The van der Waals surface area contributed by atoms with Gasteiger partial charge in [-0.1, -0.05) is 30.3 Å². The Morgan fingerprint density at radius 1 is 1.08 bits per heavy atom. The molecule has 0 N–H and O–H groups in total. The monoisotopic (exact) mass is 332 g/mol. The topological polar surface area (TPSA) is 46.2 Å². The van der Waals surface area contributed by atoms with Crippen molar-refractivity contribution in [2.24, 2.45) is 11.8 Å². The number of methoxy groups -OCH3 is 1. The lowest BCUT2D eigenvalue weighted by Gasteiger charge is -2.54. The highest BCUT2D eigenvalue weighted by Crippen LogP contribution is 2.57. The molecule has 5 nitrogen and oxygen atoms in total. The summed E-state index contributed by atoms with van der Waals surface area (Å²) in [6.07, 6.45) is 2.39. The van der Waals surface area contributed by atoms with Gasteiger partial charge in [0.05, 0.1) is 13.2 Å². The Kier molecular flexibility index (Phi) is 3.68. The van der Waals surface area contributed by atoms with Crippen molar-refractivity contribution < 1.29 is 23.7 Å². The summed E-state index contributed by atoms with van der Waals surface area (Å²) in [6.45, 7) is 1.34. The maximum absolute atomic E-state index is 6.43. The Morgan fingerprint density at radius 2 is 1.96 bits per heavy atom. The third-order valence-corrected chi connectivity index (χ3v) is 6.26. The zero-order valence-electron chi connectivity index (χ0n) is 13.9. The quantitative estimate of drug-likeness (QED) is 0.833. The summed E-state index contributed by atoms with van der Waals surface area (Å²) >= 11 is 0. The Bertz CT molecular complexity index is 593. The summed E-state index contributed by atoms with van der Waals surface area (Å²) < 4.78 is 30.4. The van der Waals surface area contributed by atoms with Crippen molar-refractivity contribution >= 4 is 0 Å². The molecule has 4 aliphatic rings. The molecule has 1 spiro atoms. The van der Waals surface area contributed by atoms with Crippen LogP contribution in [0.2, 0.25) is 0 Å². The molecule has 0 amide bonds. The van der Waals surface area contributed by atoms with Crippen LogP contribution in [-0.4, -0.2) is 44.4 Å². The van der Waals surface area contributed by atoms with Crippen LogP contribution >= 0.6 is 0 Å². The van der Waals surface area contributed by atoms with Gasteiger partial charge in [-0.25, -0.2) is 0 Å². The van der Waals surface area contributed by atoms with E-state index in [9.17, 15) is 0 Å². The molecule has 3 saturated heterocycles. The zero-order valence-corrected chi connectivity index (χ0v) is 13.9. The van der Waals surface area contributed by atoms with Crippen molar-refractivity contribution in [1.29, 1.82) is 0 Å². The van der Waals surface area contributed by atoms with Crippen LogP contribution in [0.4, 0.5) is 0 Å². The minimum absolute atomic E-state index is 0.0989. The minimum atomic E-state index is -0.352. The van der Waals surface area contributed by atoms with Gasteiger partial charge in [-0.2, -0.15) is 0 Å². The zero-order chi connectivity index (χ0) is 16.1. The van der Waals surface area contributed by atoms with Gasteiger partial charge >= 0.3 is 0 Å². The van der Waals surface area contributed by atoms with Crippen LogP contribution in [0, 0.1) is 11.8 Å². The van der Waals surface area contributed by atoms with Crippen LogP contribution < -0.4 is 0 Å². The molecule has 1 aromatic rings. The van der Waals surface area contributed by atoms with Crippen molar-refractivity contribution in [3.8, 4) is 0 Å². The van der Waals surface area contributed by atoms with E-state index in [-0.39, 0.29) is 30.4 Å². The number of hydrogen-bond acceptors (Lipinski definition) is 5. The lowest BCUT2D eigenvalue weighted by Crippen LogP contribution is -2.65. The van der Waals surface area contributed by atoms with Crippen molar-refractivity contribution in [1.82, 2.24) is 0 Å². The first-order chi connectivity index (χ1) is 11.8. The standard InChI is InChI=1S/C19H24O5/c1-20-16-9-19(14-8-7-13(14)10-22-19)17-15(23-16)11-21-18(24-17)12-5-3-2-4-6-12/h2-6,13-18H,7-11H2,1H3/t13-,14-,15-,16+,17?,18-,19+/m1/s1. The molecule has 24 heavy (non-hydrogen) atoms. The lowest BCUT2D eigenvalue weighted by molar-refractivity contribution is -0.363. The Morgan fingerprint density at radius 3 is 2.67 bits per heavy atom. The highest BCUT2D eigenvalue weighted by atomic mass is 16.7. The molecule has 0 radical (unpaired) electrons. The first-order valence-corrected chi connectivity index (χ1v) is 8.94. The van der Waals surface area contributed by atoms with Gasteiger partial charge in [-0.15, -0.1) is 0 Å². The number of benzene rings is 1. The van der Waals surface area contributed by atoms with Gasteiger partial charge in [0.15, 0.2) is 12.6 Å². The average Bonchev–Trinajstić information content (AvgIpc) is 2.85. The van der Waals surface area contributed by atoms with E-state index in [0.717, 1.165) is 18.6 Å². The molecule has 4 fully saturated rings. The van der Waals surface area contributed by atoms with E-state index in [1.165, 1.54) is 12.8 Å². The maximum Gasteiger partial charge on any atom is 0.184 e. The molecule has 0 bridgehead atoms. The van der Waals surface area contributed by atoms with Crippen molar-refractivity contribution in [3.63, 3.8) is 0 Å². The van der Waals surface area contributed by atoms with Crippen LogP contribution in [-0.2, 0) is 23.7 Å². The molecular formula is C19H24O5. The van der Waals surface area contributed by atoms with E-state index >= 15 is 0 Å². The first kappa shape index (κ1) is 15.3. The highest BCUT2D eigenvalue weighted by Gasteiger charge is 2.64. The fourth-order valence-corrected chi connectivity index (χ4v) is 4.90. The van der Waals surface area contributed by atoms with Crippen LogP contribution in [0.1, 0.15) is 31.1 Å². The molecule has 3 heterocycles. The summed E-state index contributed by atoms with van der Waals surface area (Å²) in [5, 5.41) is 0. The van der Waals surface area contributed by atoms with Gasteiger partial charge < -0.3 is 23.7 Å². The summed E-state index contributed by atoms with van der Waals surface area (Å²) in [7, 11) is 1.70. The fourth-order valence-electron chi connectivity index (χ4n) is 4.90. The van der Waals surface area contributed by atoms with Crippen LogP contribution in [0.5, 0.6) is 0 Å². The second-order valence-electron chi connectivity index (χ2n) is 7.39. The molecule has 1 unspecified atom stereocenters. The number of rotatable bonds is 2. The second kappa shape index (κ2) is 5.78. The molecule has 130 valence electrons. The summed E-state index contributed by atoms with van der Waals surface area (Å²) in [5.41, 5.74) is 0.756. The van der Waals surface area contributed by atoms with Gasteiger partial charge in [-0.3, -0.25) is 0 Å². The van der Waals surface area contributed by atoms with Crippen LogP contribution in [0.15, 0.2) is 30.3 Å². The third kappa shape index (κ3) is 2.19. The van der Waals surface area contributed by atoms with Gasteiger partial charge in [-0.05, 0) is 24.7 Å². The number of fused-ring (bicyclic) bond motifs is 4. The first-order valence-electron chi connectivity index (χ1n) is 8.94. The lowest BCUT2D eigenvalue weighted by atomic mass is 9.63. The average molecular weight is 332 g/mol. The van der Waals surface area contributed by atoms with Crippen molar-refractivity contribution in [3.05, 3.63) is 35.9 Å². The normalized spacial score (nSPS) is 47.0. The predicted molar refractivity (Wildman–Crippen MR) is 85.2 cm³/mol. The molecule has 1 saturated carbocycles. The number of ether oxygens (including phenoxy) is 5. The largest absolute Gasteiger partial charge is 0.371 e. The van der Waals surface area contributed by atoms with E-state index < -0.39 is 0 Å². The maximum atomic E-state index is 6.43. The van der Waals surface area contributed by atoms with Crippen LogP contribution in [0.3, 0.4) is 0 Å². The summed E-state index contributed by atoms with van der Waals surface area (Å²) in [6, 6.07) is 10.1. The molecule has 5 rings (SSSR count). The van der Waals surface area contributed by atoms with E-state index in [4.69, 9.17) is 23.7 Å². The van der Waals surface area contributed by atoms with Crippen molar-refractivity contribution in [2.75, 3.05) is 20.3 Å². The highest BCUT2D eigenvalue weighted by molar-refractivity contribution is 5.18. The molecule has 1 aromatic carbocycles. The Hall–Kier alpha value is -0.980. The summed E-state index contributed by atoms with van der Waals surface area (Å²) in [4.78, 5) is 0. The Labute approximate surface area is 142 Å². The van der Waals surface area contributed by atoms with Gasteiger partial charge in [0.2, 0.25) is 0 Å². The van der Waals surface area contributed by atoms with Gasteiger partial charge in [0, 0.05) is 19.1 Å². The molecule has 5 heteroatoms. The third-order valence-electron chi connectivity index (χ3n) is 6.26. The Balaban J connectivity index is 1.45. The smallest absolute Gasteiger partial charge is 0.184 e. The molecule has 1 aliphatic carbocycles. The van der Waals surface area contributed by atoms with E-state index in [1.807, 2.05) is 30.3 Å². The fraction of sp³-hybridized carbons (Fsp3) is 0.684. The molecule has 7 atom stereocenters. The predicted octanol–water partition coefficient (Wildman–Crippen LogP) is 2.66. The van der Waals surface area contributed by atoms with Gasteiger partial charge in [0.1, 0.15) is 17.8 Å². The molecule has 0 aromatic heterocycles. The van der Waals surface area contributed by atoms with Gasteiger partial charge in [0.25, 0.3) is 0 Å². The summed E-state index contributed by atoms with van der Waals surface area (Å²) in [5.74, 6) is 1.23. The SMILES string of the molecule is CO[C@@H]1C[C@@]2(OC[C@H]3CC[C@H]32)C2O[C@H](c3ccccc3)OC[C@H]2O1. The number of hydrogen-bond donors (Lipinski definition) is 0. The van der Waals surface area contributed by atoms with E-state index in [0.29, 0.717) is 18.4 Å². The second-order valence-corrected chi connectivity index (χ2v) is 7.39.